The van der Waals surface area contributed by atoms with Gasteiger partial charge in [0.05, 0.1) is 20.6 Å². The Hall–Kier alpha value is -2.73. The molecule has 3 aromatic rings. The summed E-state index contributed by atoms with van der Waals surface area (Å²) < 4.78 is 3.00. The molecule has 0 aliphatic heterocycles. The van der Waals surface area contributed by atoms with E-state index < -0.39 is 5.41 Å². The van der Waals surface area contributed by atoms with Gasteiger partial charge in [-0.05, 0) is 32.1 Å². The lowest BCUT2D eigenvalue weighted by Gasteiger charge is -2.12. The van der Waals surface area contributed by atoms with Gasteiger partial charge < -0.3 is 4.98 Å². The fraction of sp³-hybridized carbons (Fsp3) is 0.286. The number of carbonyl (C=O) groups is 1. The molecule has 0 aliphatic carbocycles. The van der Waals surface area contributed by atoms with Crippen LogP contribution >= 0.6 is 11.3 Å². The van der Waals surface area contributed by atoms with Crippen LogP contribution in [0.2, 0.25) is 0 Å². The van der Waals surface area contributed by atoms with Crippen molar-refractivity contribution in [2.75, 3.05) is 0 Å². The van der Waals surface area contributed by atoms with Gasteiger partial charge in [0.25, 0.3) is 5.56 Å². The first kappa shape index (κ1) is 19.0. The van der Waals surface area contributed by atoms with Gasteiger partial charge in [0, 0.05) is 22.7 Å². The van der Waals surface area contributed by atoms with E-state index in [0.717, 1.165) is 22.6 Å². The summed E-state index contributed by atoms with van der Waals surface area (Å²) in [5.41, 5.74) is 3.03. The van der Waals surface area contributed by atoms with E-state index in [9.17, 15) is 9.59 Å². The van der Waals surface area contributed by atoms with Crippen LogP contribution < -0.4 is 14.8 Å². The van der Waals surface area contributed by atoms with Gasteiger partial charge in [0.1, 0.15) is 0 Å². The normalized spacial score (nSPS) is 13.4. The Labute approximate surface area is 161 Å². The van der Waals surface area contributed by atoms with E-state index >= 15 is 0 Å². The van der Waals surface area contributed by atoms with Crippen LogP contribution in [0, 0.1) is 19.3 Å². The Morgan fingerprint density at radius 2 is 1.85 bits per heavy atom. The highest BCUT2D eigenvalue weighted by atomic mass is 32.1. The molecule has 140 valence electrons. The number of hydrogen-bond acceptors (Lipinski definition) is 4. The number of hydrogen-bond donors (Lipinski definition) is 1. The fourth-order valence-corrected chi connectivity index (χ4v) is 3.54. The number of aryl methyl sites for hydroxylation is 1. The molecule has 0 spiro atoms. The highest BCUT2D eigenvalue weighted by molar-refractivity contribution is 7.07. The van der Waals surface area contributed by atoms with Crippen molar-refractivity contribution in [1.29, 1.82) is 0 Å². The second kappa shape index (κ2) is 7.12. The maximum atomic E-state index is 12.3. The molecule has 3 rings (SSSR count). The standard InChI is InChI=1S/C21H23N3O2S/c1-13-16(14(2)24(23-13)15-9-7-6-8-10-15)11-17-20(26)22-19(27-17)12-18(25)21(3,4)5/h6-12H,1-5H3,(H,22,26)/b17-11-,19-12+. The van der Waals surface area contributed by atoms with E-state index in [1.54, 1.807) is 0 Å². The lowest BCUT2D eigenvalue weighted by molar-refractivity contribution is -0.119. The molecule has 0 fully saturated rings. The molecule has 0 saturated carbocycles. The van der Waals surface area contributed by atoms with Crippen LogP contribution in [0.25, 0.3) is 17.8 Å². The number of para-hydroxylation sites is 1. The Balaban J connectivity index is 2.09. The molecule has 1 N–H and O–H groups in total. The zero-order chi connectivity index (χ0) is 19.8. The molecular weight excluding hydrogens is 358 g/mol. The van der Waals surface area contributed by atoms with E-state index in [4.69, 9.17) is 0 Å². The summed E-state index contributed by atoms with van der Waals surface area (Å²) in [6, 6.07) is 9.88. The molecule has 2 aromatic heterocycles. The first-order valence-corrected chi connectivity index (χ1v) is 9.57. The van der Waals surface area contributed by atoms with Crippen molar-refractivity contribution in [3.8, 4) is 5.69 Å². The number of Topliss-reactive ketones (excluding diaryl/α,β-unsaturated/α-hetero) is 1. The summed E-state index contributed by atoms with van der Waals surface area (Å²) >= 11 is 1.28. The van der Waals surface area contributed by atoms with Crippen molar-refractivity contribution in [2.45, 2.75) is 34.6 Å². The topological polar surface area (TPSA) is 67.8 Å². The van der Waals surface area contributed by atoms with Crippen molar-refractivity contribution in [3.63, 3.8) is 0 Å². The number of nitrogens with one attached hydrogen (secondary N) is 1. The lowest BCUT2D eigenvalue weighted by Crippen LogP contribution is -2.22. The van der Waals surface area contributed by atoms with E-state index in [2.05, 4.69) is 10.1 Å². The number of H-pyrrole nitrogens is 1. The van der Waals surface area contributed by atoms with Crippen LogP contribution in [-0.2, 0) is 4.79 Å². The van der Waals surface area contributed by atoms with Crippen molar-refractivity contribution < 1.29 is 4.79 Å². The average molecular weight is 382 g/mol. The van der Waals surface area contributed by atoms with Crippen molar-refractivity contribution in [1.82, 2.24) is 14.8 Å². The van der Waals surface area contributed by atoms with Crippen LogP contribution in [-0.4, -0.2) is 20.5 Å². The SMILES string of the molecule is Cc1nn(-c2ccccc2)c(C)c1/C=c1\s/c(=C/C(=O)C(C)(C)C)[nH]c1=O. The van der Waals surface area contributed by atoms with Crippen molar-refractivity contribution in [2.24, 2.45) is 5.41 Å². The van der Waals surface area contributed by atoms with Crippen LogP contribution in [0.1, 0.15) is 37.7 Å². The third-order valence-corrected chi connectivity index (χ3v) is 5.27. The van der Waals surface area contributed by atoms with Gasteiger partial charge in [-0.2, -0.15) is 5.10 Å². The molecular formula is C21H23N3O2S. The van der Waals surface area contributed by atoms with E-state index in [0.29, 0.717) is 9.20 Å². The monoisotopic (exact) mass is 381 g/mol. The van der Waals surface area contributed by atoms with Crippen LogP contribution in [0.5, 0.6) is 0 Å². The largest absolute Gasteiger partial charge is 0.313 e. The van der Waals surface area contributed by atoms with Gasteiger partial charge in [-0.1, -0.05) is 39.0 Å². The van der Waals surface area contributed by atoms with Gasteiger partial charge in [-0.3, -0.25) is 9.59 Å². The van der Waals surface area contributed by atoms with Crippen LogP contribution in [0.3, 0.4) is 0 Å². The maximum Gasteiger partial charge on any atom is 0.266 e. The van der Waals surface area contributed by atoms with Crippen molar-refractivity contribution >= 4 is 29.3 Å². The highest BCUT2D eigenvalue weighted by Crippen LogP contribution is 2.18. The number of carbonyl (C=O) groups excluding carboxylic acids is 1. The highest BCUT2D eigenvalue weighted by Gasteiger charge is 2.18. The predicted octanol–water partition coefficient (Wildman–Crippen LogP) is 2.46. The third-order valence-electron chi connectivity index (χ3n) is 4.31. The predicted molar refractivity (Wildman–Crippen MR) is 110 cm³/mol. The van der Waals surface area contributed by atoms with E-state index in [1.165, 1.54) is 17.4 Å². The minimum atomic E-state index is -0.477. The number of thiazole rings is 1. The molecule has 27 heavy (non-hydrogen) atoms. The summed E-state index contributed by atoms with van der Waals surface area (Å²) in [5, 5.41) is 4.61. The molecule has 0 radical (unpaired) electrons. The first-order chi connectivity index (χ1) is 12.7. The van der Waals surface area contributed by atoms with E-state index in [1.807, 2.05) is 75.7 Å². The number of benzene rings is 1. The Bertz CT molecular complexity index is 1160. The molecule has 5 nitrogen and oxygen atoms in total. The molecule has 0 aliphatic rings. The Morgan fingerprint density at radius 1 is 1.19 bits per heavy atom. The molecule has 6 heteroatoms. The minimum absolute atomic E-state index is 0.0178. The molecule has 0 amide bonds. The smallest absolute Gasteiger partial charge is 0.266 e. The van der Waals surface area contributed by atoms with Gasteiger partial charge in [0.2, 0.25) is 0 Å². The van der Waals surface area contributed by atoms with Crippen LogP contribution in [0.4, 0.5) is 0 Å². The quantitative estimate of drug-likeness (QED) is 0.758. The zero-order valence-electron chi connectivity index (χ0n) is 16.2. The first-order valence-electron chi connectivity index (χ1n) is 8.75. The molecule has 0 unspecified atom stereocenters. The number of ketones is 1. The maximum absolute atomic E-state index is 12.3. The van der Waals surface area contributed by atoms with Gasteiger partial charge >= 0.3 is 0 Å². The number of aromatic amines is 1. The zero-order valence-corrected chi connectivity index (χ0v) is 17.0. The van der Waals surface area contributed by atoms with Crippen LogP contribution in [0.15, 0.2) is 35.1 Å². The lowest BCUT2D eigenvalue weighted by atomic mass is 9.91. The number of aromatic nitrogens is 3. The molecule has 0 saturated heterocycles. The molecule has 0 bridgehead atoms. The summed E-state index contributed by atoms with van der Waals surface area (Å²) in [5.74, 6) is -0.0178. The fourth-order valence-electron chi connectivity index (χ4n) is 2.68. The summed E-state index contributed by atoms with van der Waals surface area (Å²) in [7, 11) is 0. The summed E-state index contributed by atoms with van der Waals surface area (Å²) in [4.78, 5) is 27.3. The third kappa shape index (κ3) is 4.01. The van der Waals surface area contributed by atoms with Gasteiger partial charge in [-0.15, -0.1) is 11.3 Å². The Kier molecular flexibility index (Phi) is 5.02. The summed E-state index contributed by atoms with van der Waals surface area (Å²) in [6.45, 7) is 9.48. The number of rotatable bonds is 3. The van der Waals surface area contributed by atoms with Gasteiger partial charge in [0.15, 0.2) is 5.78 Å². The van der Waals surface area contributed by atoms with Crippen molar-refractivity contribution in [3.05, 3.63) is 66.8 Å². The minimum Gasteiger partial charge on any atom is -0.313 e. The van der Waals surface area contributed by atoms with Gasteiger partial charge in [-0.25, -0.2) is 4.68 Å². The molecule has 2 heterocycles. The summed E-state index contributed by atoms with van der Waals surface area (Å²) in [6.07, 6.45) is 3.36. The average Bonchev–Trinajstić information content (AvgIpc) is 3.09. The molecule has 1 aromatic carbocycles. The molecule has 0 atom stereocenters. The second-order valence-corrected chi connectivity index (χ2v) is 8.60. The second-order valence-electron chi connectivity index (χ2n) is 7.52. The van der Waals surface area contributed by atoms with E-state index in [-0.39, 0.29) is 11.3 Å². The Morgan fingerprint density at radius 3 is 2.48 bits per heavy atom. The number of nitrogens with zero attached hydrogens (tertiary/aromatic N) is 2.